The van der Waals surface area contributed by atoms with Crippen LogP contribution >= 0.6 is 0 Å². The van der Waals surface area contributed by atoms with Crippen molar-refractivity contribution in [2.24, 2.45) is 0 Å². The number of hydrogen-bond donors (Lipinski definition) is 1. The summed E-state index contributed by atoms with van der Waals surface area (Å²) in [6.45, 7) is 1.64. The van der Waals surface area contributed by atoms with Gasteiger partial charge in [-0.05, 0) is 36.8 Å². The summed E-state index contributed by atoms with van der Waals surface area (Å²) in [7, 11) is 0. The number of nitrogens with zero attached hydrogens (tertiary/aromatic N) is 2. The Kier molecular flexibility index (Phi) is 3.88. The maximum atomic E-state index is 13.8. The first-order valence-electron chi connectivity index (χ1n) is 8.01. The number of carbonyl (C=O) groups excluding carboxylic acids is 2. The van der Waals surface area contributed by atoms with Crippen LogP contribution in [0.4, 0.5) is 10.2 Å². The molecule has 136 valence electrons. The number of amides is 1. The molecule has 0 bridgehead atoms. The van der Waals surface area contributed by atoms with Crippen molar-refractivity contribution in [3.05, 3.63) is 83.0 Å². The first-order valence-corrected chi connectivity index (χ1v) is 8.01. The molecule has 0 saturated carbocycles. The third-order valence-corrected chi connectivity index (χ3v) is 4.22. The molecule has 1 N–H and O–H groups in total. The number of Topliss-reactive ketones (excluding diaryl/α,β-unsaturated/α-hetero) is 1. The van der Waals surface area contributed by atoms with Gasteiger partial charge in [0.1, 0.15) is 11.6 Å². The molecule has 0 unspecified atom stereocenters. The monoisotopic (exact) mass is 368 g/mol. The van der Waals surface area contributed by atoms with E-state index in [1.807, 2.05) is 0 Å². The number of aromatic nitrogens is 1. The molecular weight excluding hydrogens is 355 g/mol. The fraction of sp³-hybridized carbons (Fsp3) is 0.105. The van der Waals surface area contributed by atoms with Crippen molar-refractivity contribution in [3.63, 3.8) is 0 Å². The van der Waals surface area contributed by atoms with Gasteiger partial charge in [-0.25, -0.2) is 4.39 Å². The maximum absolute atomic E-state index is 13.8. The van der Waals surface area contributed by atoms with Crippen molar-refractivity contribution in [2.45, 2.75) is 13.0 Å². The maximum Gasteiger partial charge on any atom is 0.295 e. The van der Waals surface area contributed by atoms with E-state index in [1.165, 1.54) is 42.7 Å². The summed E-state index contributed by atoms with van der Waals surface area (Å²) in [5.74, 6) is -2.33. The second kappa shape index (κ2) is 6.24. The Bertz CT molecular complexity index is 1070. The first kappa shape index (κ1) is 16.8. The Hall–Kier alpha value is -3.68. The molecular formula is C19H13FN2O5. The predicted octanol–water partition coefficient (Wildman–Crippen LogP) is 3.50. The van der Waals surface area contributed by atoms with Crippen molar-refractivity contribution in [3.8, 4) is 0 Å². The van der Waals surface area contributed by atoms with E-state index >= 15 is 0 Å². The van der Waals surface area contributed by atoms with Crippen LogP contribution in [-0.2, 0) is 4.79 Å². The van der Waals surface area contributed by atoms with Crippen molar-refractivity contribution < 1.29 is 28.0 Å². The molecule has 3 aromatic rings. The molecule has 27 heavy (non-hydrogen) atoms. The molecule has 0 radical (unpaired) electrons. The molecule has 3 heterocycles. The van der Waals surface area contributed by atoms with Crippen molar-refractivity contribution in [1.29, 1.82) is 0 Å². The summed E-state index contributed by atoms with van der Waals surface area (Å²) in [5.41, 5.74) is 0.0733. The number of halogens is 1. The third-order valence-electron chi connectivity index (χ3n) is 4.22. The highest BCUT2D eigenvalue weighted by Gasteiger charge is 2.46. The topological polar surface area (TPSA) is 96.8 Å². The van der Waals surface area contributed by atoms with Crippen LogP contribution in [0.25, 0.3) is 0 Å². The lowest BCUT2D eigenvalue weighted by atomic mass is 9.95. The SMILES string of the molecule is Cc1cc(N2C(=O)C(O)=C(C(=O)c3ccco3)[C@H]2c2cccc(F)c2)no1. The number of aliphatic hydroxyl groups excluding tert-OH is 1. The first-order chi connectivity index (χ1) is 13.0. The molecule has 0 spiro atoms. The summed E-state index contributed by atoms with van der Waals surface area (Å²) >= 11 is 0. The lowest BCUT2D eigenvalue weighted by molar-refractivity contribution is -0.117. The van der Waals surface area contributed by atoms with Gasteiger partial charge in [0.05, 0.1) is 17.9 Å². The average molecular weight is 368 g/mol. The molecule has 1 aliphatic rings. The number of benzene rings is 1. The Labute approximate surface area is 152 Å². The highest BCUT2D eigenvalue weighted by atomic mass is 19.1. The second-order valence-electron chi connectivity index (χ2n) is 6.00. The third kappa shape index (κ3) is 2.71. The lowest BCUT2D eigenvalue weighted by Gasteiger charge is -2.24. The van der Waals surface area contributed by atoms with Crippen molar-refractivity contribution in [1.82, 2.24) is 5.16 Å². The van der Waals surface area contributed by atoms with Gasteiger partial charge in [-0.15, -0.1) is 0 Å². The number of anilines is 1. The smallest absolute Gasteiger partial charge is 0.295 e. The van der Waals surface area contributed by atoms with Crippen LogP contribution in [0.15, 0.2) is 69.0 Å². The standard InChI is InChI=1S/C19H13FN2O5/c1-10-8-14(21-27-10)22-16(11-4-2-5-12(20)9-11)15(18(24)19(22)25)17(23)13-6-3-7-26-13/h2-9,16,24H,1H3/t16-/m1/s1. The zero-order valence-corrected chi connectivity index (χ0v) is 14.0. The fourth-order valence-electron chi connectivity index (χ4n) is 3.07. The largest absolute Gasteiger partial charge is 0.503 e. The highest BCUT2D eigenvalue weighted by Crippen LogP contribution is 2.41. The number of aliphatic hydroxyl groups is 1. The van der Waals surface area contributed by atoms with Gasteiger partial charge in [-0.1, -0.05) is 17.3 Å². The van der Waals surface area contributed by atoms with Gasteiger partial charge in [0.15, 0.2) is 17.3 Å². The van der Waals surface area contributed by atoms with E-state index in [2.05, 4.69) is 5.16 Å². The van der Waals surface area contributed by atoms with Gasteiger partial charge in [-0.2, -0.15) is 0 Å². The fourth-order valence-corrected chi connectivity index (χ4v) is 3.07. The van der Waals surface area contributed by atoms with Gasteiger partial charge in [0.25, 0.3) is 5.91 Å². The predicted molar refractivity (Wildman–Crippen MR) is 90.6 cm³/mol. The van der Waals surface area contributed by atoms with Crippen LogP contribution in [0, 0.1) is 12.7 Å². The summed E-state index contributed by atoms with van der Waals surface area (Å²) in [4.78, 5) is 26.7. The van der Waals surface area contributed by atoms with E-state index in [4.69, 9.17) is 8.94 Å². The number of carbonyl (C=O) groups is 2. The Morgan fingerprint density at radius 1 is 1.26 bits per heavy atom. The zero-order valence-electron chi connectivity index (χ0n) is 14.0. The minimum absolute atomic E-state index is 0.0519. The summed E-state index contributed by atoms with van der Waals surface area (Å²) in [5, 5.41) is 14.2. The van der Waals surface area contributed by atoms with E-state index in [0.717, 1.165) is 4.90 Å². The molecule has 7 nitrogen and oxygen atoms in total. The van der Waals surface area contributed by atoms with Crippen LogP contribution in [0.2, 0.25) is 0 Å². The van der Waals surface area contributed by atoms with Gasteiger partial charge in [-0.3, -0.25) is 14.5 Å². The van der Waals surface area contributed by atoms with Crippen molar-refractivity contribution >= 4 is 17.5 Å². The number of rotatable bonds is 4. The Morgan fingerprint density at radius 3 is 2.70 bits per heavy atom. The summed E-state index contributed by atoms with van der Waals surface area (Å²) in [6, 6.07) is 8.75. The van der Waals surface area contributed by atoms with Crippen LogP contribution in [0.3, 0.4) is 0 Å². The highest BCUT2D eigenvalue weighted by molar-refractivity contribution is 6.19. The number of hydrogen-bond acceptors (Lipinski definition) is 6. The molecule has 2 aromatic heterocycles. The van der Waals surface area contributed by atoms with E-state index in [0.29, 0.717) is 11.3 Å². The van der Waals surface area contributed by atoms with Crippen molar-refractivity contribution in [2.75, 3.05) is 4.90 Å². The van der Waals surface area contributed by atoms with E-state index in [9.17, 15) is 19.1 Å². The minimum Gasteiger partial charge on any atom is -0.503 e. The summed E-state index contributed by atoms with van der Waals surface area (Å²) < 4.78 is 24.0. The van der Waals surface area contributed by atoms with E-state index < -0.39 is 29.3 Å². The quantitative estimate of drug-likeness (QED) is 0.708. The second-order valence-corrected chi connectivity index (χ2v) is 6.00. The van der Waals surface area contributed by atoms with Gasteiger partial charge in [0.2, 0.25) is 5.78 Å². The minimum atomic E-state index is -1.09. The molecule has 1 atom stereocenters. The molecule has 0 aliphatic carbocycles. The molecule has 1 aromatic carbocycles. The van der Waals surface area contributed by atoms with Crippen LogP contribution in [0.5, 0.6) is 0 Å². The molecule has 1 aliphatic heterocycles. The normalized spacial score (nSPS) is 17.0. The van der Waals surface area contributed by atoms with E-state index in [-0.39, 0.29) is 17.2 Å². The Balaban J connectivity index is 1.89. The molecule has 0 fully saturated rings. The van der Waals surface area contributed by atoms with Gasteiger partial charge in [0, 0.05) is 6.07 Å². The van der Waals surface area contributed by atoms with Gasteiger partial charge < -0.3 is 14.0 Å². The number of furan rings is 1. The van der Waals surface area contributed by atoms with Crippen LogP contribution in [0.1, 0.15) is 27.9 Å². The molecule has 0 saturated heterocycles. The molecule has 4 rings (SSSR count). The Morgan fingerprint density at radius 2 is 2.07 bits per heavy atom. The van der Waals surface area contributed by atoms with Crippen LogP contribution in [-0.4, -0.2) is 22.0 Å². The number of ketones is 1. The average Bonchev–Trinajstić information content (AvgIpc) is 3.36. The van der Waals surface area contributed by atoms with Crippen LogP contribution < -0.4 is 4.90 Å². The molecule has 1 amide bonds. The van der Waals surface area contributed by atoms with E-state index in [1.54, 1.807) is 13.0 Å². The van der Waals surface area contributed by atoms with Gasteiger partial charge >= 0.3 is 0 Å². The lowest BCUT2D eigenvalue weighted by Crippen LogP contribution is -2.31. The zero-order chi connectivity index (χ0) is 19.1. The molecule has 8 heteroatoms. The number of aryl methyl sites for hydroxylation is 1. The summed E-state index contributed by atoms with van der Waals surface area (Å²) in [6.07, 6.45) is 1.30.